The number of hydrogen-bond acceptors (Lipinski definition) is 6. The molecule has 0 aromatic carbocycles. The molecule has 0 N–H and O–H groups in total. The van der Waals surface area contributed by atoms with Crippen molar-refractivity contribution in [1.82, 2.24) is 5.01 Å². The van der Waals surface area contributed by atoms with Gasteiger partial charge in [-0.2, -0.15) is 5.10 Å². The zero-order valence-corrected chi connectivity index (χ0v) is 14.9. The Morgan fingerprint density at radius 3 is 2.13 bits per heavy atom. The third-order valence-electron chi connectivity index (χ3n) is 2.75. The lowest BCUT2D eigenvalue weighted by Crippen LogP contribution is -2.44. The molecule has 0 saturated heterocycles. The summed E-state index contributed by atoms with van der Waals surface area (Å²) < 4.78 is 10.5. The summed E-state index contributed by atoms with van der Waals surface area (Å²) in [7, 11) is 0. The van der Waals surface area contributed by atoms with Gasteiger partial charge in [-0.25, -0.2) is 9.80 Å². The fraction of sp³-hybridized carbons (Fsp3) is 0.750. The summed E-state index contributed by atoms with van der Waals surface area (Å²) in [5.41, 5.74) is -1.17. The van der Waals surface area contributed by atoms with Crippen LogP contribution in [0.4, 0.5) is 0 Å². The molecule has 0 radical (unpaired) electrons. The van der Waals surface area contributed by atoms with Gasteiger partial charge in [0, 0.05) is 12.3 Å². The molecule has 23 heavy (non-hydrogen) atoms. The van der Waals surface area contributed by atoms with Crippen LogP contribution < -0.4 is 0 Å². The lowest BCUT2D eigenvalue weighted by Gasteiger charge is -2.28. The first kappa shape index (κ1) is 19.1. The fourth-order valence-electron chi connectivity index (χ4n) is 1.94. The summed E-state index contributed by atoms with van der Waals surface area (Å²) in [4.78, 5) is 36.1. The largest absolute Gasteiger partial charge is 0.459 e. The smallest absolute Gasteiger partial charge is 0.355 e. The van der Waals surface area contributed by atoms with Gasteiger partial charge in [0.2, 0.25) is 5.91 Å². The van der Waals surface area contributed by atoms with Crippen LogP contribution in [0.1, 0.15) is 54.9 Å². The van der Waals surface area contributed by atoms with Crippen molar-refractivity contribution in [3.8, 4) is 0 Å². The third-order valence-corrected chi connectivity index (χ3v) is 2.75. The van der Waals surface area contributed by atoms with Crippen LogP contribution in [0.3, 0.4) is 0 Å². The first-order valence-electron chi connectivity index (χ1n) is 7.62. The quantitative estimate of drug-likeness (QED) is 0.739. The number of esters is 2. The summed E-state index contributed by atoms with van der Waals surface area (Å²) in [5.74, 6) is -1.92. The van der Waals surface area contributed by atoms with E-state index in [9.17, 15) is 14.4 Å². The molecule has 0 fully saturated rings. The Kier molecular flexibility index (Phi) is 5.56. The van der Waals surface area contributed by atoms with Gasteiger partial charge in [0.15, 0.2) is 0 Å². The molecule has 1 amide bonds. The molecular formula is C16H26N2O5. The van der Waals surface area contributed by atoms with Crippen molar-refractivity contribution in [2.24, 2.45) is 11.0 Å². The van der Waals surface area contributed by atoms with Gasteiger partial charge in [-0.15, -0.1) is 0 Å². The second-order valence-electron chi connectivity index (χ2n) is 7.64. The van der Waals surface area contributed by atoms with Crippen molar-refractivity contribution in [3.05, 3.63) is 0 Å². The molecule has 7 heteroatoms. The van der Waals surface area contributed by atoms with Gasteiger partial charge < -0.3 is 9.47 Å². The first-order valence-corrected chi connectivity index (χ1v) is 7.62. The molecule has 7 nitrogen and oxygen atoms in total. The summed E-state index contributed by atoms with van der Waals surface area (Å²) >= 11 is 0. The molecule has 0 unspecified atom stereocenters. The molecule has 0 spiro atoms. The number of carbonyl (C=O) groups is 3. The number of rotatable bonds is 3. The van der Waals surface area contributed by atoms with Crippen LogP contribution in [-0.2, 0) is 23.9 Å². The van der Waals surface area contributed by atoms with E-state index in [4.69, 9.17) is 9.47 Å². The minimum atomic E-state index is -0.654. The molecule has 0 saturated carbocycles. The number of hydrazone groups is 1. The van der Waals surface area contributed by atoms with Gasteiger partial charge in [-0.05, 0) is 41.5 Å². The van der Waals surface area contributed by atoms with Crippen molar-refractivity contribution in [2.45, 2.75) is 66.1 Å². The second kappa shape index (κ2) is 6.68. The Morgan fingerprint density at radius 1 is 1.13 bits per heavy atom. The highest BCUT2D eigenvalue weighted by Gasteiger charge is 2.34. The monoisotopic (exact) mass is 326 g/mol. The Hall–Kier alpha value is -1.92. The van der Waals surface area contributed by atoms with E-state index in [1.165, 1.54) is 0 Å². The molecule has 0 aromatic rings. The van der Waals surface area contributed by atoms with Crippen LogP contribution in [0.15, 0.2) is 5.10 Å². The lowest BCUT2D eigenvalue weighted by molar-refractivity contribution is -0.160. The Labute approximate surface area is 137 Å². The second-order valence-corrected chi connectivity index (χ2v) is 7.64. The zero-order chi connectivity index (χ0) is 18.0. The predicted octanol–water partition coefficient (Wildman–Crippen LogP) is 1.89. The van der Waals surface area contributed by atoms with Crippen LogP contribution in [0, 0.1) is 5.92 Å². The average Bonchev–Trinajstić information content (AvgIpc) is 2.29. The highest BCUT2D eigenvalue weighted by Crippen LogP contribution is 2.19. The third kappa shape index (κ3) is 6.38. The minimum absolute atomic E-state index is 0.135. The predicted molar refractivity (Wildman–Crippen MR) is 84.6 cm³/mol. The SMILES string of the molecule is C[C@H]1CC(C(=O)OC(C)(C)C)=NN(CC(=O)OC(C)(C)C)C1=O. The van der Waals surface area contributed by atoms with Crippen LogP contribution in [-0.4, -0.2) is 46.3 Å². The van der Waals surface area contributed by atoms with Gasteiger partial charge in [-0.3, -0.25) is 9.59 Å². The van der Waals surface area contributed by atoms with Crippen molar-refractivity contribution in [3.63, 3.8) is 0 Å². The number of amides is 1. The van der Waals surface area contributed by atoms with Gasteiger partial charge in [-0.1, -0.05) is 6.92 Å². The summed E-state index contributed by atoms with van der Waals surface area (Å²) in [6, 6.07) is 0. The highest BCUT2D eigenvalue weighted by atomic mass is 16.6. The number of ether oxygens (including phenoxy) is 2. The van der Waals surface area contributed by atoms with E-state index in [2.05, 4.69) is 5.10 Å². The topological polar surface area (TPSA) is 85.3 Å². The minimum Gasteiger partial charge on any atom is -0.459 e. The maximum atomic E-state index is 12.1. The van der Waals surface area contributed by atoms with E-state index in [0.29, 0.717) is 0 Å². The zero-order valence-electron chi connectivity index (χ0n) is 14.9. The molecule has 0 aromatic heterocycles. The molecule has 1 aliphatic heterocycles. The molecule has 1 heterocycles. The van der Waals surface area contributed by atoms with E-state index in [1.807, 2.05) is 0 Å². The summed E-state index contributed by atoms with van der Waals surface area (Å²) in [6.45, 7) is 11.8. The molecule has 0 bridgehead atoms. The first-order chi connectivity index (χ1) is 10.3. The Morgan fingerprint density at radius 2 is 1.65 bits per heavy atom. The molecule has 0 aliphatic carbocycles. The number of hydrogen-bond donors (Lipinski definition) is 0. The molecular weight excluding hydrogens is 300 g/mol. The van der Waals surface area contributed by atoms with Crippen LogP contribution in [0.5, 0.6) is 0 Å². The fourth-order valence-corrected chi connectivity index (χ4v) is 1.94. The number of nitrogens with zero attached hydrogens (tertiary/aromatic N) is 2. The van der Waals surface area contributed by atoms with E-state index in [0.717, 1.165) is 5.01 Å². The maximum Gasteiger partial charge on any atom is 0.355 e. The lowest BCUT2D eigenvalue weighted by atomic mass is 10.0. The van der Waals surface area contributed by atoms with E-state index in [1.54, 1.807) is 48.5 Å². The molecule has 1 rings (SSSR count). The average molecular weight is 326 g/mol. The summed E-state index contributed by atoms with van der Waals surface area (Å²) in [5, 5.41) is 4.98. The van der Waals surface area contributed by atoms with E-state index in [-0.39, 0.29) is 24.6 Å². The van der Waals surface area contributed by atoms with Crippen LogP contribution in [0.25, 0.3) is 0 Å². The van der Waals surface area contributed by atoms with E-state index >= 15 is 0 Å². The highest BCUT2D eigenvalue weighted by molar-refractivity contribution is 6.37. The van der Waals surface area contributed by atoms with Gasteiger partial charge in [0.25, 0.3) is 0 Å². The molecule has 1 atom stereocenters. The normalized spacial score (nSPS) is 19.3. The van der Waals surface area contributed by atoms with Gasteiger partial charge in [0.1, 0.15) is 23.5 Å². The van der Waals surface area contributed by atoms with Gasteiger partial charge >= 0.3 is 11.9 Å². The van der Waals surface area contributed by atoms with Crippen molar-refractivity contribution >= 4 is 23.6 Å². The molecule has 1 aliphatic rings. The Bertz CT molecular complexity index is 526. The van der Waals surface area contributed by atoms with Crippen molar-refractivity contribution < 1.29 is 23.9 Å². The maximum absolute atomic E-state index is 12.1. The molecule has 130 valence electrons. The van der Waals surface area contributed by atoms with Crippen molar-refractivity contribution in [2.75, 3.05) is 6.54 Å². The van der Waals surface area contributed by atoms with Crippen molar-refractivity contribution in [1.29, 1.82) is 0 Å². The van der Waals surface area contributed by atoms with E-state index < -0.39 is 29.1 Å². The Balaban J connectivity index is 2.88. The van der Waals surface area contributed by atoms with Gasteiger partial charge in [0.05, 0.1) is 0 Å². The summed E-state index contributed by atoms with van der Waals surface area (Å²) in [6.07, 6.45) is 0.193. The van der Waals surface area contributed by atoms with Crippen LogP contribution >= 0.6 is 0 Å². The van der Waals surface area contributed by atoms with Crippen LogP contribution in [0.2, 0.25) is 0 Å². The standard InChI is InChI=1S/C16H26N2O5/c1-10-8-11(14(21)23-16(5,6)7)17-18(13(10)20)9-12(19)22-15(2,3)4/h10H,8-9H2,1-7H3/t10-/m0/s1. The number of carbonyl (C=O) groups excluding carboxylic acids is 3.